The lowest BCUT2D eigenvalue weighted by Gasteiger charge is -2.36. The predicted octanol–water partition coefficient (Wildman–Crippen LogP) is 3.20. The molecule has 2 saturated heterocycles. The first-order chi connectivity index (χ1) is 21.1. The number of ether oxygens (including phenoxy) is 1. The molecule has 4 rings (SSSR count). The zero-order valence-electron chi connectivity index (χ0n) is 26.3. The van der Waals surface area contributed by atoms with Gasteiger partial charge in [-0.25, -0.2) is 4.98 Å². The standard InChI is InChI=1S/C31H42F3N5O6/c1-6-7-22(28(42)39-17-20(40)15-23(39)29(43)38-12-10-37(5)11-13-38)36-27(41)21-14-19(31(32,33)34)8-9-24(21)44-18-26-35-16-25(45-26)30(2,3)4/h8-9,14,16,20,22-23,40H,6-7,10-13,15,17-18H2,1-5H3,(H,36,41)/t20-,22+,23+/m0/s1. The molecule has 3 amide bonds. The number of benzene rings is 1. The lowest BCUT2D eigenvalue weighted by molar-refractivity contribution is -0.145. The van der Waals surface area contributed by atoms with Gasteiger partial charge in [-0.2, -0.15) is 13.2 Å². The quantitative estimate of drug-likeness (QED) is 0.429. The molecule has 2 aromatic rings. The van der Waals surface area contributed by atoms with Crippen LogP contribution in [0.15, 0.2) is 28.8 Å². The van der Waals surface area contributed by atoms with Gasteiger partial charge in [0.15, 0.2) is 6.61 Å². The zero-order chi connectivity index (χ0) is 33.1. The molecule has 3 heterocycles. The number of alkyl halides is 3. The van der Waals surface area contributed by atoms with Crippen LogP contribution in [0.5, 0.6) is 5.75 Å². The first-order valence-electron chi connectivity index (χ1n) is 15.1. The molecule has 45 heavy (non-hydrogen) atoms. The molecule has 0 radical (unpaired) electrons. The van der Waals surface area contributed by atoms with Crippen molar-refractivity contribution in [2.75, 3.05) is 39.8 Å². The van der Waals surface area contributed by atoms with E-state index in [1.807, 2.05) is 27.8 Å². The van der Waals surface area contributed by atoms with Crippen LogP contribution in [0.25, 0.3) is 0 Å². The molecule has 0 aliphatic carbocycles. The van der Waals surface area contributed by atoms with Crippen LogP contribution < -0.4 is 10.1 Å². The van der Waals surface area contributed by atoms with Crippen LogP contribution in [0, 0.1) is 0 Å². The Morgan fingerprint density at radius 3 is 2.44 bits per heavy atom. The first-order valence-corrected chi connectivity index (χ1v) is 15.1. The average Bonchev–Trinajstić information content (AvgIpc) is 3.62. The number of carbonyl (C=O) groups is 3. The number of oxazole rings is 1. The van der Waals surface area contributed by atoms with Crippen LogP contribution in [0.4, 0.5) is 13.2 Å². The molecule has 1 aromatic carbocycles. The molecule has 14 heteroatoms. The van der Waals surface area contributed by atoms with E-state index in [0.29, 0.717) is 44.4 Å². The Hall–Kier alpha value is -3.65. The summed E-state index contributed by atoms with van der Waals surface area (Å²) in [6.45, 7) is 9.57. The lowest BCUT2D eigenvalue weighted by atomic mass is 9.94. The molecule has 2 aliphatic heterocycles. The highest BCUT2D eigenvalue weighted by atomic mass is 19.4. The lowest BCUT2D eigenvalue weighted by Crippen LogP contribution is -2.56. The van der Waals surface area contributed by atoms with E-state index < -0.39 is 47.3 Å². The van der Waals surface area contributed by atoms with E-state index in [2.05, 4.69) is 15.2 Å². The number of hydrogen-bond donors (Lipinski definition) is 2. The van der Waals surface area contributed by atoms with E-state index >= 15 is 0 Å². The van der Waals surface area contributed by atoms with Gasteiger partial charge in [0.2, 0.25) is 17.7 Å². The van der Waals surface area contributed by atoms with Gasteiger partial charge in [0.25, 0.3) is 5.91 Å². The van der Waals surface area contributed by atoms with Crippen LogP contribution in [0.3, 0.4) is 0 Å². The van der Waals surface area contributed by atoms with Gasteiger partial charge in [-0.3, -0.25) is 14.4 Å². The summed E-state index contributed by atoms with van der Waals surface area (Å²) < 4.78 is 52.4. The van der Waals surface area contributed by atoms with Crippen LogP contribution in [-0.2, 0) is 27.8 Å². The largest absolute Gasteiger partial charge is 0.483 e. The molecule has 0 unspecified atom stereocenters. The number of aliphatic hydroxyl groups excluding tert-OH is 1. The number of carbonyl (C=O) groups excluding carboxylic acids is 3. The number of nitrogens with one attached hydrogen (secondary N) is 1. The maximum Gasteiger partial charge on any atom is 0.416 e. The molecule has 2 N–H and O–H groups in total. The fourth-order valence-electron chi connectivity index (χ4n) is 5.38. The van der Waals surface area contributed by atoms with Gasteiger partial charge in [-0.15, -0.1) is 0 Å². The van der Waals surface area contributed by atoms with Gasteiger partial charge in [0.1, 0.15) is 23.6 Å². The Morgan fingerprint density at radius 2 is 1.84 bits per heavy atom. The number of β-amino-alcohol motifs (C(OH)–C–C–N with tert-alkyl or cyclic N) is 1. The fourth-order valence-corrected chi connectivity index (χ4v) is 5.38. The third-order valence-electron chi connectivity index (χ3n) is 8.04. The summed E-state index contributed by atoms with van der Waals surface area (Å²) in [5, 5.41) is 13.0. The highest BCUT2D eigenvalue weighted by Gasteiger charge is 2.43. The second kappa shape index (κ2) is 13.8. The molecule has 0 spiro atoms. The van der Waals surface area contributed by atoms with Crippen LogP contribution in [0.2, 0.25) is 0 Å². The summed E-state index contributed by atoms with van der Waals surface area (Å²) in [5.41, 5.74) is -1.82. The van der Waals surface area contributed by atoms with E-state index in [1.54, 1.807) is 11.8 Å². The monoisotopic (exact) mass is 637 g/mol. The summed E-state index contributed by atoms with van der Waals surface area (Å²) in [7, 11) is 1.95. The summed E-state index contributed by atoms with van der Waals surface area (Å²) in [5.74, 6) is -1.20. The number of amides is 3. The predicted molar refractivity (Wildman–Crippen MR) is 157 cm³/mol. The summed E-state index contributed by atoms with van der Waals surface area (Å²) in [6.07, 6.45) is -3.45. The van der Waals surface area contributed by atoms with Gasteiger partial charge in [0, 0.05) is 44.6 Å². The highest BCUT2D eigenvalue weighted by Crippen LogP contribution is 2.33. The number of halogens is 3. The topological polar surface area (TPSA) is 128 Å². The van der Waals surface area contributed by atoms with Crippen molar-refractivity contribution in [2.24, 2.45) is 0 Å². The maximum atomic E-state index is 13.8. The van der Waals surface area contributed by atoms with E-state index in [9.17, 15) is 32.7 Å². The van der Waals surface area contributed by atoms with Crippen molar-refractivity contribution in [2.45, 2.75) is 83.3 Å². The van der Waals surface area contributed by atoms with E-state index in [-0.39, 0.29) is 49.0 Å². The second-order valence-electron chi connectivity index (χ2n) is 12.7. The third kappa shape index (κ3) is 8.34. The molecule has 248 valence electrons. The summed E-state index contributed by atoms with van der Waals surface area (Å²) in [6, 6.07) is 0.464. The SMILES string of the molecule is CCC[C@@H](NC(=O)c1cc(C(F)(F)F)ccc1OCc1ncc(C(C)(C)C)o1)C(=O)N1C[C@@H](O)C[C@@H]1C(=O)N1CCN(C)CC1. The molecule has 0 bridgehead atoms. The van der Waals surface area contributed by atoms with Gasteiger partial charge in [-0.1, -0.05) is 34.1 Å². The average molecular weight is 638 g/mol. The molecule has 3 atom stereocenters. The second-order valence-corrected chi connectivity index (χ2v) is 12.7. The first kappa shape index (κ1) is 34.2. The minimum absolute atomic E-state index is 0.0626. The zero-order valence-corrected chi connectivity index (χ0v) is 26.3. The Bertz CT molecular complexity index is 1370. The maximum absolute atomic E-state index is 13.8. The van der Waals surface area contributed by atoms with Crippen molar-refractivity contribution in [3.05, 3.63) is 47.2 Å². The number of aromatic nitrogens is 1. The smallest absolute Gasteiger partial charge is 0.416 e. The summed E-state index contributed by atoms with van der Waals surface area (Å²) in [4.78, 5) is 49.9. The van der Waals surface area contributed by atoms with Gasteiger partial charge in [0.05, 0.1) is 23.4 Å². The van der Waals surface area contributed by atoms with Crippen molar-refractivity contribution in [1.29, 1.82) is 0 Å². The Labute approximate surface area is 260 Å². The van der Waals surface area contributed by atoms with Crippen molar-refractivity contribution in [3.8, 4) is 5.75 Å². The van der Waals surface area contributed by atoms with Crippen molar-refractivity contribution >= 4 is 17.7 Å². The molecular weight excluding hydrogens is 595 g/mol. The third-order valence-corrected chi connectivity index (χ3v) is 8.04. The van der Waals surface area contributed by atoms with E-state index in [4.69, 9.17) is 9.15 Å². The Balaban J connectivity index is 1.55. The molecular formula is C31H42F3N5O6. The molecule has 2 fully saturated rings. The molecule has 2 aliphatic rings. The molecule has 11 nitrogen and oxygen atoms in total. The Morgan fingerprint density at radius 1 is 1.16 bits per heavy atom. The minimum atomic E-state index is -4.74. The Kier molecular flexibility index (Phi) is 10.5. The summed E-state index contributed by atoms with van der Waals surface area (Å²) >= 11 is 0. The number of nitrogens with zero attached hydrogens (tertiary/aromatic N) is 4. The van der Waals surface area contributed by atoms with E-state index in [0.717, 1.165) is 12.1 Å². The van der Waals surface area contributed by atoms with Crippen LogP contribution in [-0.4, -0.2) is 100 Å². The number of piperazine rings is 1. The van der Waals surface area contributed by atoms with Gasteiger partial charge < -0.3 is 34.3 Å². The van der Waals surface area contributed by atoms with Gasteiger partial charge >= 0.3 is 6.18 Å². The van der Waals surface area contributed by atoms with Crippen molar-refractivity contribution in [1.82, 2.24) is 25.0 Å². The number of likely N-dealkylation sites (tertiary alicyclic amines) is 1. The molecule has 0 saturated carbocycles. The minimum Gasteiger partial charge on any atom is -0.483 e. The van der Waals surface area contributed by atoms with Crippen LogP contribution in [0.1, 0.15) is 74.5 Å². The van der Waals surface area contributed by atoms with E-state index in [1.165, 1.54) is 11.1 Å². The van der Waals surface area contributed by atoms with Crippen molar-refractivity contribution in [3.63, 3.8) is 0 Å². The van der Waals surface area contributed by atoms with Crippen molar-refractivity contribution < 1.29 is 41.8 Å². The number of likely N-dealkylation sites (N-methyl/N-ethyl adjacent to an activating group) is 1. The molecule has 1 aromatic heterocycles. The van der Waals surface area contributed by atoms with Gasteiger partial charge in [-0.05, 0) is 31.7 Å². The number of hydrogen-bond acceptors (Lipinski definition) is 8. The number of aliphatic hydroxyl groups is 1. The number of rotatable bonds is 9. The normalized spacial score (nSPS) is 20.3. The highest BCUT2D eigenvalue weighted by molar-refractivity contribution is 6.00. The van der Waals surface area contributed by atoms with Crippen LogP contribution >= 0.6 is 0 Å². The fraction of sp³-hybridized carbons (Fsp3) is 0.613.